The van der Waals surface area contributed by atoms with E-state index in [-0.39, 0.29) is 5.41 Å². The zero-order chi connectivity index (χ0) is 36.6. The molecule has 0 aliphatic heterocycles. The summed E-state index contributed by atoms with van der Waals surface area (Å²) in [6, 6.07) is 37.4. The van der Waals surface area contributed by atoms with Gasteiger partial charge in [0.1, 0.15) is 0 Å². The maximum absolute atomic E-state index is 4.81. The first-order chi connectivity index (χ1) is 25.0. The molecule has 51 heavy (non-hydrogen) atoms. The Kier molecular flexibility index (Phi) is 14.4. The molecule has 0 aliphatic carbocycles. The van der Waals surface area contributed by atoms with Gasteiger partial charge in [-0.05, 0) is 74.1 Å². The van der Waals surface area contributed by atoms with E-state index in [4.69, 9.17) is 9.98 Å². The number of rotatable bonds is 16. The summed E-state index contributed by atoms with van der Waals surface area (Å²) in [6.45, 7) is 14.9. The number of fused-ring (bicyclic) bond motifs is 1. The van der Waals surface area contributed by atoms with Crippen LogP contribution in [-0.2, 0) is 11.8 Å². The first kappa shape index (κ1) is 38.4. The molecule has 1 aromatic heterocycles. The van der Waals surface area contributed by atoms with E-state index in [2.05, 4.69) is 161 Å². The van der Waals surface area contributed by atoms with E-state index in [1.165, 1.54) is 41.6 Å². The van der Waals surface area contributed by atoms with Gasteiger partial charge in [0.05, 0.1) is 16.9 Å². The van der Waals surface area contributed by atoms with E-state index in [1.807, 2.05) is 12.3 Å². The van der Waals surface area contributed by atoms with Crippen LogP contribution in [0, 0.1) is 12.8 Å². The SMILES string of the molecule is C#C.C=CC=Nc1c(CC)n(-c2ccc(C(CC)(CCCCC)c3ccc(N/C(C)=C(/N=CCC)c4ccccc4)cc3)cc2)c2ccccc12. The van der Waals surface area contributed by atoms with E-state index in [1.54, 1.807) is 12.3 Å². The third kappa shape index (κ3) is 8.67. The lowest BCUT2D eigenvalue weighted by molar-refractivity contribution is 0.431. The van der Waals surface area contributed by atoms with Crippen LogP contribution >= 0.6 is 0 Å². The summed E-state index contributed by atoms with van der Waals surface area (Å²) < 4.78 is 2.38. The van der Waals surface area contributed by atoms with Crippen molar-refractivity contribution in [3.63, 3.8) is 0 Å². The van der Waals surface area contributed by atoms with Crippen LogP contribution in [0.1, 0.15) is 95.5 Å². The number of nitrogens with one attached hydrogen (secondary N) is 1. The van der Waals surface area contributed by atoms with Crippen LogP contribution in [-0.4, -0.2) is 17.0 Å². The van der Waals surface area contributed by atoms with Gasteiger partial charge in [0.15, 0.2) is 0 Å². The monoisotopic (exact) mass is 674 g/mol. The van der Waals surface area contributed by atoms with Crippen molar-refractivity contribution in [3.05, 3.63) is 144 Å². The normalized spacial score (nSPS) is 13.1. The van der Waals surface area contributed by atoms with Crippen LogP contribution in [0.25, 0.3) is 22.3 Å². The minimum absolute atomic E-state index is 0.0799. The molecular weight excluding hydrogens is 621 g/mol. The quantitative estimate of drug-likeness (QED) is 0.0632. The first-order valence-corrected chi connectivity index (χ1v) is 18.4. The van der Waals surface area contributed by atoms with Crippen LogP contribution in [0.2, 0.25) is 0 Å². The molecule has 0 amide bonds. The highest BCUT2D eigenvalue weighted by molar-refractivity contribution is 5.97. The number of hydrogen-bond donors (Lipinski definition) is 1. The molecule has 4 heteroatoms. The summed E-state index contributed by atoms with van der Waals surface area (Å²) in [5, 5.41) is 4.81. The van der Waals surface area contributed by atoms with Gasteiger partial charge in [-0.2, -0.15) is 0 Å². The highest BCUT2D eigenvalue weighted by Gasteiger charge is 2.32. The Labute approximate surface area is 306 Å². The Morgan fingerprint density at radius 1 is 0.824 bits per heavy atom. The molecule has 5 rings (SSSR count). The zero-order valence-corrected chi connectivity index (χ0v) is 31.2. The number of aliphatic imine (C=N–C) groups is 2. The van der Waals surface area contributed by atoms with Gasteiger partial charge in [-0.3, -0.25) is 9.98 Å². The van der Waals surface area contributed by atoms with Gasteiger partial charge in [0.25, 0.3) is 0 Å². The number of para-hydroxylation sites is 1. The predicted molar refractivity (Wildman–Crippen MR) is 224 cm³/mol. The summed E-state index contributed by atoms with van der Waals surface area (Å²) in [6.07, 6.45) is 21.0. The third-order valence-corrected chi connectivity index (χ3v) is 9.65. The summed E-state index contributed by atoms with van der Waals surface area (Å²) in [5.41, 5.74) is 11.4. The van der Waals surface area contributed by atoms with Crippen LogP contribution in [0.15, 0.2) is 131 Å². The van der Waals surface area contributed by atoms with Crippen LogP contribution in [0.4, 0.5) is 11.4 Å². The predicted octanol–water partition coefficient (Wildman–Crippen LogP) is 12.9. The number of allylic oxidation sites excluding steroid dienone is 2. The van der Waals surface area contributed by atoms with Crippen molar-refractivity contribution in [1.82, 2.24) is 4.57 Å². The molecule has 0 saturated heterocycles. The summed E-state index contributed by atoms with van der Waals surface area (Å²) >= 11 is 0. The maximum atomic E-state index is 4.81. The number of hydrogen-bond acceptors (Lipinski definition) is 3. The van der Waals surface area contributed by atoms with Crippen LogP contribution < -0.4 is 5.32 Å². The van der Waals surface area contributed by atoms with Crippen LogP contribution in [0.3, 0.4) is 0 Å². The Morgan fingerprint density at radius 3 is 2.08 bits per heavy atom. The molecule has 4 aromatic carbocycles. The van der Waals surface area contributed by atoms with Gasteiger partial charge in [-0.25, -0.2) is 0 Å². The molecule has 262 valence electrons. The average Bonchev–Trinajstić information content (AvgIpc) is 3.51. The number of terminal acetylenes is 1. The molecule has 1 heterocycles. The number of unbranched alkanes of at least 4 members (excludes halogenated alkanes) is 2. The Balaban J connectivity index is 0.00000286. The summed E-state index contributed by atoms with van der Waals surface area (Å²) in [4.78, 5) is 9.62. The molecule has 0 spiro atoms. The highest BCUT2D eigenvalue weighted by atomic mass is 15.0. The van der Waals surface area contributed by atoms with Crippen molar-refractivity contribution in [2.45, 2.75) is 85.0 Å². The molecule has 1 N–H and O–H groups in total. The number of nitrogens with zero attached hydrogens (tertiary/aromatic N) is 3. The van der Waals surface area contributed by atoms with E-state index in [0.717, 1.165) is 65.1 Å². The molecule has 0 bridgehead atoms. The highest BCUT2D eigenvalue weighted by Crippen LogP contribution is 2.42. The number of benzene rings is 4. The molecule has 5 aromatic rings. The molecule has 1 atom stereocenters. The van der Waals surface area contributed by atoms with E-state index < -0.39 is 0 Å². The van der Waals surface area contributed by atoms with Gasteiger partial charge in [-0.1, -0.05) is 132 Å². The molecule has 0 aliphatic rings. The van der Waals surface area contributed by atoms with Gasteiger partial charge >= 0.3 is 0 Å². The van der Waals surface area contributed by atoms with Crippen molar-refractivity contribution in [1.29, 1.82) is 0 Å². The number of aromatic nitrogens is 1. The molecule has 4 nitrogen and oxygen atoms in total. The fraction of sp³-hybridized carbons (Fsp3) is 0.277. The van der Waals surface area contributed by atoms with Gasteiger partial charge in [0, 0.05) is 51.6 Å². The van der Waals surface area contributed by atoms with Gasteiger partial charge in [0.2, 0.25) is 0 Å². The maximum Gasteiger partial charge on any atom is 0.0921 e. The lowest BCUT2D eigenvalue weighted by atomic mass is 9.69. The fourth-order valence-electron chi connectivity index (χ4n) is 7.13. The first-order valence-electron chi connectivity index (χ1n) is 18.4. The Hall–Kier alpha value is -5.40. The Morgan fingerprint density at radius 2 is 1.47 bits per heavy atom. The van der Waals surface area contributed by atoms with E-state index in [0.29, 0.717) is 0 Å². The van der Waals surface area contributed by atoms with Crippen molar-refractivity contribution < 1.29 is 0 Å². The lowest BCUT2D eigenvalue weighted by Gasteiger charge is -2.35. The summed E-state index contributed by atoms with van der Waals surface area (Å²) in [7, 11) is 0. The number of anilines is 1. The van der Waals surface area contributed by atoms with Crippen molar-refractivity contribution in [3.8, 4) is 18.5 Å². The van der Waals surface area contributed by atoms with Crippen molar-refractivity contribution in [2.24, 2.45) is 9.98 Å². The van der Waals surface area contributed by atoms with Crippen molar-refractivity contribution >= 4 is 40.4 Å². The summed E-state index contributed by atoms with van der Waals surface area (Å²) in [5.74, 6) is 0. The minimum atomic E-state index is -0.0799. The molecular formula is C47H54N4. The second-order valence-corrected chi connectivity index (χ2v) is 12.7. The van der Waals surface area contributed by atoms with Crippen LogP contribution in [0.5, 0.6) is 0 Å². The fourth-order valence-corrected chi connectivity index (χ4v) is 7.13. The van der Waals surface area contributed by atoms with Gasteiger partial charge < -0.3 is 9.88 Å². The second-order valence-electron chi connectivity index (χ2n) is 12.7. The lowest BCUT2D eigenvalue weighted by Crippen LogP contribution is -2.27. The molecule has 1 unspecified atom stereocenters. The molecule has 0 radical (unpaired) electrons. The minimum Gasteiger partial charge on any atom is -0.357 e. The zero-order valence-electron chi connectivity index (χ0n) is 31.2. The van der Waals surface area contributed by atoms with E-state index in [9.17, 15) is 0 Å². The topological polar surface area (TPSA) is 41.7 Å². The molecule has 0 saturated carbocycles. The Bertz CT molecular complexity index is 1950. The third-order valence-electron chi connectivity index (χ3n) is 9.65. The van der Waals surface area contributed by atoms with Crippen molar-refractivity contribution in [2.75, 3.05) is 5.32 Å². The largest absolute Gasteiger partial charge is 0.357 e. The standard InChI is InChI=1S/C45H52N4.C2H2/c1-7-12-18-31-45(11-5,36-23-27-38(28-24-36)48-34(6)43(46-32-8-2)35-19-14-13-15-20-35)37-25-29-39(30-26-37)49-41(10-4)44(47-33-9-3)40-21-16-17-22-42(40)49;1-2/h9,13-17,19-30,32-33,48H,3,7-8,10-12,18,31H2,1-2,4-6H3;1-2H/b43-34+,46-32?,47-33?;. The van der Waals surface area contributed by atoms with Gasteiger partial charge in [-0.15, -0.1) is 12.8 Å². The second kappa shape index (κ2) is 19.1. The van der Waals surface area contributed by atoms with E-state index >= 15 is 0 Å². The molecule has 0 fully saturated rings. The average molecular weight is 675 g/mol. The smallest absolute Gasteiger partial charge is 0.0921 e.